The molecule has 4 aliphatic rings. The number of alkyl carbamates (subject to hydrolysis) is 1. The molecule has 2 saturated heterocycles. The molecule has 2 aliphatic heterocycles. The lowest BCUT2D eigenvalue weighted by atomic mass is 9.68. The highest BCUT2D eigenvalue weighted by molar-refractivity contribution is 5.82. The first-order chi connectivity index (χ1) is 12.8. The lowest BCUT2D eigenvalue weighted by molar-refractivity contribution is -0.140. The first-order valence-electron chi connectivity index (χ1n) is 10.1. The number of fused-ring (bicyclic) bond motifs is 1. The lowest BCUT2D eigenvalue weighted by Gasteiger charge is -2.43. The minimum absolute atomic E-state index is 0.0500. The molecule has 144 valence electrons. The van der Waals surface area contributed by atoms with Crippen molar-refractivity contribution in [2.24, 2.45) is 17.8 Å². The average molecular weight is 368 g/mol. The number of ether oxygens (including phenoxy) is 1. The van der Waals surface area contributed by atoms with E-state index in [2.05, 4.69) is 55.3 Å². The van der Waals surface area contributed by atoms with E-state index in [0.29, 0.717) is 24.4 Å². The number of nitrogens with one attached hydrogen (secondary N) is 1. The molecule has 1 aromatic carbocycles. The summed E-state index contributed by atoms with van der Waals surface area (Å²) in [5, 5.41) is 2.87. The molecule has 0 aromatic heterocycles. The van der Waals surface area contributed by atoms with Crippen molar-refractivity contribution in [2.75, 3.05) is 19.7 Å². The van der Waals surface area contributed by atoms with Gasteiger partial charge in [0.1, 0.15) is 6.61 Å². The molecule has 1 N–H and O–H groups in total. The molecule has 2 amide bonds. The molecule has 1 aromatic rings. The van der Waals surface area contributed by atoms with Crippen LogP contribution >= 0.6 is 0 Å². The smallest absolute Gasteiger partial charge is 0.407 e. The summed E-state index contributed by atoms with van der Waals surface area (Å²) in [6.45, 7) is 8.91. The molecule has 2 saturated carbocycles. The molecule has 3 atom stereocenters. The number of hydrogen-bond donors (Lipinski definition) is 1. The summed E-state index contributed by atoms with van der Waals surface area (Å²) >= 11 is 0. The van der Waals surface area contributed by atoms with Crippen LogP contribution in [0.3, 0.4) is 0 Å². The van der Waals surface area contributed by atoms with Crippen LogP contribution in [0.2, 0.25) is 0 Å². The number of piperidine rings is 1. The summed E-state index contributed by atoms with van der Waals surface area (Å²) in [4.78, 5) is 26.1. The van der Waals surface area contributed by atoms with Gasteiger partial charge in [-0.05, 0) is 47.1 Å². The molecule has 5 rings (SSSR count). The first kappa shape index (κ1) is 17.1. The Kier molecular flexibility index (Phi) is 3.47. The van der Waals surface area contributed by atoms with Gasteiger partial charge in [0.25, 0.3) is 0 Å². The van der Waals surface area contributed by atoms with E-state index in [1.54, 1.807) is 0 Å². The van der Waals surface area contributed by atoms with Gasteiger partial charge in [-0.3, -0.25) is 4.79 Å². The van der Waals surface area contributed by atoms with Crippen molar-refractivity contribution in [1.82, 2.24) is 10.2 Å². The summed E-state index contributed by atoms with van der Waals surface area (Å²) in [6, 6.07) is 9.10. The second-order valence-corrected chi connectivity index (χ2v) is 10.1. The molecule has 1 spiro atoms. The number of amides is 2. The fourth-order valence-electron chi connectivity index (χ4n) is 5.43. The van der Waals surface area contributed by atoms with Gasteiger partial charge >= 0.3 is 6.09 Å². The minimum atomic E-state index is -0.344. The second kappa shape index (κ2) is 5.49. The Bertz CT molecular complexity index is 777. The van der Waals surface area contributed by atoms with Crippen molar-refractivity contribution in [1.29, 1.82) is 0 Å². The maximum Gasteiger partial charge on any atom is 0.407 e. The van der Waals surface area contributed by atoms with Crippen LogP contribution in [0, 0.1) is 17.8 Å². The van der Waals surface area contributed by atoms with Crippen molar-refractivity contribution in [3.63, 3.8) is 0 Å². The van der Waals surface area contributed by atoms with Gasteiger partial charge in [0.05, 0.1) is 5.54 Å². The predicted octanol–water partition coefficient (Wildman–Crippen LogP) is 3.04. The quantitative estimate of drug-likeness (QED) is 0.873. The fraction of sp³-hybridized carbons (Fsp3) is 0.636. The van der Waals surface area contributed by atoms with E-state index in [-0.39, 0.29) is 28.9 Å². The molecule has 2 aliphatic carbocycles. The van der Waals surface area contributed by atoms with Crippen LogP contribution in [0.1, 0.15) is 50.7 Å². The normalized spacial score (nSPS) is 36.9. The molecular weight excluding hydrogens is 340 g/mol. The van der Waals surface area contributed by atoms with E-state index < -0.39 is 0 Å². The summed E-state index contributed by atoms with van der Waals surface area (Å²) < 4.78 is 5.01. The Morgan fingerprint density at radius 2 is 1.78 bits per heavy atom. The molecule has 0 unspecified atom stereocenters. The Labute approximate surface area is 160 Å². The monoisotopic (exact) mass is 368 g/mol. The summed E-state index contributed by atoms with van der Waals surface area (Å²) in [6.07, 6.45) is 1.10. The van der Waals surface area contributed by atoms with E-state index in [1.807, 2.05) is 0 Å². The lowest BCUT2D eigenvalue weighted by Crippen LogP contribution is -2.58. The van der Waals surface area contributed by atoms with Crippen LogP contribution in [0.25, 0.3) is 0 Å². The van der Waals surface area contributed by atoms with Gasteiger partial charge in [0.2, 0.25) is 5.91 Å². The van der Waals surface area contributed by atoms with E-state index in [4.69, 9.17) is 4.74 Å². The average Bonchev–Trinajstić information content (AvgIpc) is 2.93. The summed E-state index contributed by atoms with van der Waals surface area (Å²) in [5.74, 6) is 2.19. The maximum atomic E-state index is 12.8. The van der Waals surface area contributed by atoms with E-state index in [0.717, 1.165) is 25.9 Å². The van der Waals surface area contributed by atoms with Crippen LogP contribution in [-0.2, 0) is 14.9 Å². The van der Waals surface area contributed by atoms with Crippen molar-refractivity contribution >= 4 is 12.0 Å². The zero-order valence-corrected chi connectivity index (χ0v) is 16.3. The van der Waals surface area contributed by atoms with Crippen LogP contribution in [0.15, 0.2) is 24.3 Å². The standard InChI is InChI=1S/C22H28N2O3/c1-21(2,3)15-6-4-13(5-7-15)18-16-10-24(11-17(16)18)19(25)14-8-22(9-14)12-27-20(26)23-22/h4-7,14,16-18H,8-12H2,1-3H3,(H,23,26)/t14-,16-,17+,18+,22+. The minimum Gasteiger partial charge on any atom is -0.447 e. The van der Waals surface area contributed by atoms with Crippen LogP contribution in [-0.4, -0.2) is 42.1 Å². The first-order valence-corrected chi connectivity index (χ1v) is 10.1. The van der Waals surface area contributed by atoms with Gasteiger partial charge in [0.15, 0.2) is 0 Å². The van der Waals surface area contributed by atoms with Crippen molar-refractivity contribution in [2.45, 2.75) is 50.5 Å². The van der Waals surface area contributed by atoms with Crippen LogP contribution in [0.5, 0.6) is 0 Å². The molecule has 5 heteroatoms. The fourth-order valence-corrected chi connectivity index (χ4v) is 5.43. The number of rotatable bonds is 2. The third-order valence-electron chi connectivity index (χ3n) is 7.14. The Morgan fingerprint density at radius 3 is 2.30 bits per heavy atom. The number of carbonyl (C=O) groups excluding carboxylic acids is 2. The number of cyclic esters (lactones) is 1. The van der Waals surface area contributed by atoms with Gasteiger partial charge in [-0.25, -0.2) is 4.79 Å². The topological polar surface area (TPSA) is 58.6 Å². The number of hydrogen-bond acceptors (Lipinski definition) is 3. The van der Waals surface area contributed by atoms with Crippen molar-refractivity contribution < 1.29 is 14.3 Å². The predicted molar refractivity (Wildman–Crippen MR) is 101 cm³/mol. The highest BCUT2D eigenvalue weighted by Gasteiger charge is 2.59. The van der Waals surface area contributed by atoms with E-state index in [9.17, 15) is 9.59 Å². The summed E-state index contributed by atoms with van der Waals surface area (Å²) in [7, 11) is 0. The highest BCUT2D eigenvalue weighted by atomic mass is 16.6. The zero-order chi connectivity index (χ0) is 19.0. The molecule has 5 nitrogen and oxygen atoms in total. The van der Waals surface area contributed by atoms with Gasteiger partial charge in [-0.15, -0.1) is 0 Å². The van der Waals surface area contributed by atoms with E-state index >= 15 is 0 Å². The highest BCUT2D eigenvalue weighted by Crippen LogP contribution is 2.58. The third kappa shape index (κ3) is 2.74. The SMILES string of the molecule is CC(C)(C)c1ccc([C@H]2[C@@H]3CN(C(=O)[C@H]4C[C@]5(COC(=O)N5)C4)C[C@@H]32)cc1. The largest absolute Gasteiger partial charge is 0.447 e. The molecule has 0 radical (unpaired) electrons. The van der Waals surface area contributed by atoms with Crippen molar-refractivity contribution in [3.8, 4) is 0 Å². The van der Waals surface area contributed by atoms with Gasteiger partial charge in [-0.1, -0.05) is 45.0 Å². The van der Waals surface area contributed by atoms with Crippen LogP contribution < -0.4 is 5.32 Å². The maximum absolute atomic E-state index is 12.8. The molecular formula is C22H28N2O3. The summed E-state index contributed by atoms with van der Waals surface area (Å²) in [5.41, 5.74) is 2.72. The van der Waals surface area contributed by atoms with Gasteiger partial charge < -0.3 is 15.0 Å². The number of carbonyl (C=O) groups is 2. The van der Waals surface area contributed by atoms with Gasteiger partial charge in [0, 0.05) is 19.0 Å². The number of nitrogens with zero attached hydrogens (tertiary/aromatic N) is 1. The van der Waals surface area contributed by atoms with E-state index in [1.165, 1.54) is 11.1 Å². The van der Waals surface area contributed by atoms with Crippen LogP contribution in [0.4, 0.5) is 4.79 Å². The molecule has 2 heterocycles. The zero-order valence-electron chi connectivity index (χ0n) is 16.3. The Balaban J connectivity index is 1.16. The number of benzene rings is 1. The molecule has 0 bridgehead atoms. The van der Waals surface area contributed by atoms with Crippen molar-refractivity contribution in [3.05, 3.63) is 35.4 Å². The second-order valence-electron chi connectivity index (χ2n) is 10.1. The van der Waals surface area contributed by atoms with Gasteiger partial charge in [-0.2, -0.15) is 0 Å². The Morgan fingerprint density at radius 1 is 1.15 bits per heavy atom. The molecule has 27 heavy (non-hydrogen) atoms. The number of likely N-dealkylation sites (tertiary alicyclic amines) is 1. The Hall–Kier alpha value is -2.04. The molecule has 4 fully saturated rings. The third-order valence-corrected chi connectivity index (χ3v) is 7.14.